The van der Waals surface area contributed by atoms with Crippen LogP contribution >= 0.6 is 0 Å². The number of benzene rings is 1. The summed E-state index contributed by atoms with van der Waals surface area (Å²) in [4.78, 5) is 22.8. The van der Waals surface area contributed by atoms with Gasteiger partial charge >= 0.3 is 5.97 Å². The number of carbonyl (C=O) groups is 2. The molecule has 0 bridgehead atoms. The van der Waals surface area contributed by atoms with E-state index in [2.05, 4.69) is 5.32 Å². The van der Waals surface area contributed by atoms with E-state index in [1.165, 1.54) is 0 Å². The third-order valence-electron chi connectivity index (χ3n) is 2.96. The molecular weight excluding hydrogens is 256 g/mol. The largest absolute Gasteiger partial charge is 0.480 e. The molecule has 1 aromatic carbocycles. The molecule has 5 nitrogen and oxygen atoms in total. The molecule has 1 aromatic rings. The second-order valence-electron chi connectivity index (χ2n) is 5.33. The van der Waals surface area contributed by atoms with Gasteiger partial charge in [0.05, 0.1) is 0 Å². The average molecular weight is 278 g/mol. The molecule has 0 saturated carbocycles. The lowest BCUT2D eigenvalue weighted by Crippen LogP contribution is -2.41. The molecule has 20 heavy (non-hydrogen) atoms. The van der Waals surface area contributed by atoms with E-state index in [0.29, 0.717) is 18.5 Å². The number of nitrogen functional groups attached to an aromatic ring is 1. The molecule has 1 amide bonds. The molecule has 1 rings (SSSR count). The number of nitrogens with one attached hydrogen (secondary N) is 1. The summed E-state index contributed by atoms with van der Waals surface area (Å²) in [5, 5.41) is 11.6. The van der Waals surface area contributed by atoms with Crippen LogP contribution in [0.4, 0.5) is 5.69 Å². The van der Waals surface area contributed by atoms with Crippen molar-refractivity contribution in [2.75, 3.05) is 5.73 Å². The monoisotopic (exact) mass is 278 g/mol. The Kier molecular flexibility index (Phi) is 6.03. The summed E-state index contributed by atoms with van der Waals surface area (Å²) in [5.74, 6) is -1.01. The van der Waals surface area contributed by atoms with Crippen LogP contribution in [0.15, 0.2) is 24.3 Å². The Labute approximate surface area is 119 Å². The molecule has 4 N–H and O–H groups in total. The quantitative estimate of drug-likeness (QED) is 0.663. The van der Waals surface area contributed by atoms with Crippen LogP contribution in [0, 0.1) is 5.92 Å². The number of carboxylic acids is 1. The lowest BCUT2D eigenvalue weighted by molar-refractivity contribution is -0.142. The van der Waals surface area contributed by atoms with Crippen LogP contribution in [0.2, 0.25) is 0 Å². The van der Waals surface area contributed by atoms with Gasteiger partial charge < -0.3 is 16.2 Å². The minimum atomic E-state index is -0.987. The van der Waals surface area contributed by atoms with Crippen molar-refractivity contribution in [3.63, 3.8) is 0 Å². The van der Waals surface area contributed by atoms with Gasteiger partial charge in [0.25, 0.3) is 0 Å². The second-order valence-corrected chi connectivity index (χ2v) is 5.33. The summed E-state index contributed by atoms with van der Waals surface area (Å²) in [7, 11) is 0. The molecule has 0 radical (unpaired) electrons. The van der Waals surface area contributed by atoms with Crippen LogP contribution < -0.4 is 11.1 Å². The van der Waals surface area contributed by atoms with Gasteiger partial charge in [0.1, 0.15) is 6.04 Å². The molecule has 0 aliphatic heterocycles. The Morgan fingerprint density at radius 2 is 1.85 bits per heavy atom. The molecule has 0 spiro atoms. The molecule has 0 heterocycles. The maximum absolute atomic E-state index is 11.8. The minimum absolute atomic E-state index is 0.216. The number of anilines is 1. The molecule has 0 aliphatic carbocycles. The summed E-state index contributed by atoms with van der Waals surface area (Å²) in [5.41, 5.74) is 7.27. The Morgan fingerprint density at radius 3 is 2.35 bits per heavy atom. The Hall–Kier alpha value is -2.04. The van der Waals surface area contributed by atoms with Crippen molar-refractivity contribution in [2.45, 2.75) is 39.2 Å². The number of rotatable bonds is 7. The van der Waals surface area contributed by atoms with E-state index < -0.39 is 12.0 Å². The van der Waals surface area contributed by atoms with Crippen LogP contribution in [0.25, 0.3) is 0 Å². The maximum Gasteiger partial charge on any atom is 0.326 e. The topological polar surface area (TPSA) is 92.4 Å². The number of amides is 1. The van der Waals surface area contributed by atoms with E-state index in [4.69, 9.17) is 10.8 Å². The molecule has 1 atom stereocenters. The molecule has 110 valence electrons. The van der Waals surface area contributed by atoms with E-state index in [-0.39, 0.29) is 18.2 Å². The van der Waals surface area contributed by atoms with Crippen molar-refractivity contribution in [3.05, 3.63) is 29.8 Å². The first kappa shape index (κ1) is 16.0. The minimum Gasteiger partial charge on any atom is -0.480 e. The van der Waals surface area contributed by atoms with Gasteiger partial charge in [-0.15, -0.1) is 0 Å². The number of nitrogens with two attached hydrogens (primary N) is 1. The van der Waals surface area contributed by atoms with Crippen LogP contribution in [0.3, 0.4) is 0 Å². The fraction of sp³-hybridized carbons (Fsp3) is 0.467. The zero-order valence-corrected chi connectivity index (χ0v) is 11.9. The van der Waals surface area contributed by atoms with Crippen molar-refractivity contribution in [2.24, 2.45) is 5.92 Å². The highest BCUT2D eigenvalue weighted by Gasteiger charge is 2.20. The van der Waals surface area contributed by atoms with Gasteiger partial charge in [0, 0.05) is 12.1 Å². The second kappa shape index (κ2) is 7.53. The van der Waals surface area contributed by atoms with Gasteiger partial charge in [0.15, 0.2) is 0 Å². The zero-order valence-electron chi connectivity index (χ0n) is 11.9. The third-order valence-corrected chi connectivity index (χ3v) is 2.96. The number of aliphatic carboxylic acids is 1. The van der Waals surface area contributed by atoms with Crippen molar-refractivity contribution in [1.29, 1.82) is 0 Å². The Bertz CT molecular complexity index is 455. The van der Waals surface area contributed by atoms with Gasteiger partial charge in [-0.25, -0.2) is 4.79 Å². The fourth-order valence-corrected chi connectivity index (χ4v) is 1.90. The summed E-state index contributed by atoms with van der Waals surface area (Å²) in [6, 6.07) is 6.49. The van der Waals surface area contributed by atoms with Crippen molar-refractivity contribution in [1.82, 2.24) is 5.32 Å². The standard InChI is InChI=1S/C15H22N2O3/c1-10(2)9-13(15(19)20)17-14(18)8-5-11-3-6-12(16)7-4-11/h3-4,6-7,10,13H,5,8-9,16H2,1-2H3,(H,17,18)(H,19,20)/t13-/m0/s1. The van der Waals surface area contributed by atoms with Gasteiger partial charge in [-0.1, -0.05) is 26.0 Å². The van der Waals surface area contributed by atoms with Gasteiger partial charge in [-0.3, -0.25) is 4.79 Å². The molecule has 0 aromatic heterocycles. The molecular formula is C15H22N2O3. The first-order valence-electron chi connectivity index (χ1n) is 6.75. The van der Waals surface area contributed by atoms with E-state index in [9.17, 15) is 9.59 Å². The van der Waals surface area contributed by atoms with E-state index in [1.807, 2.05) is 26.0 Å². The summed E-state index contributed by atoms with van der Waals surface area (Å²) in [6.45, 7) is 3.85. The van der Waals surface area contributed by atoms with Crippen molar-refractivity contribution >= 4 is 17.6 Å². The lowest BCUT2D eigenvalue weighted by atomic mass is 10.0. The first-order chi connectivity index (χ1) is 9.38. The van der Waals surface area contributed by atoms with Crippen LogP contribution in [0.5, 0.6) is 0 Å². The number of hydrogen-bond donors (Lipinski definition) is 3. The molecule has 0 aliphatic rings. The van der Waals surface area contributed by atoms with Crippen molar-refractivity contribution < 1.29 is 14.7 Å². The number of carbonyl (C=O) groups excluding carboxylic acids is 1. The first-order valence-corrected chi connectivity index (χ1v) is 6.75. The fourth-order valence-electron chi connectivity index (χ4n) is 1.90. The normalized spacial score (nSPS) is 12.2. The number of carboxylic acid groups (broad SMARTS) is 1. The highest BCUT2D eigenvalue weighted by Crippen LogP contribution is 2.09. The summed E-state index contributed by atoms with van der Waals surface area (Å²) >= 11 is 0. The third kappa shape index (κ3) is 5.73. The van der Waals surface area contributed by atoms with Gasteiger partial charge in [0.2, 0.25) is 5.91 Å². The number of aryl methyl sites for hydroxylation is 1. The lowest BCUT2D eigenvalue weighted by Gasteiger charge is -2.16. The van der Waals surface area contributed by atoms with E-state index in [1.54, 1.807) is 12.1 Å². The van der Waals surface area contributed by atoms with Gasteiger partial charge in [-0.2, -0.15) is 0 Å². The maximum atomic E-state index is 11.8. The Morgan fingerprint density at radius 1 is 1.25 bits per heavy atom. The SMILES string of the molecule is CC(C)C[C@H](NC(=O)CCc1ccc(N)cc1)C(=O)O. The summed E-state index contributed by atoms with van der Waals surface area (Å²) < 4.78 is 0. The highest BCUT2D eigenvalue weighted by atomic mass is 16.4. The van der Waals surface area contributed by atoms with E-state index >= 15 is 0 Å². The average Bonchev–Trinajstić information content (AvgIpc) is 2.36. The molecule has 0 unspecified atom stereocenters. The zero-order chi connectivity index (χ0) is 15.1. The van der Waals surface area contributed by atoms with Gasteiger partial charge in [-0.05, 0) is 36.5 Å². The predicted octanol–water partition coefficient (Wildman–Crippen LogP) is 1.82. The van der Waals surface area contributed by atoms with Crippen LogP contribution in [0.1, 0.15) is 32.3 Å². The number of hydrogen-bond acceptors (Lipinski definition) is 3. The summed E-state index contributed by atoms with van der Waals surface area (Å²) in [6.07, 6.45) is 1.27. The van der Waals surface area contributed by atoms with E-state index in [0.717, 1.165) is 5.56 Å². The Balaban J connectivity index is 2.45. The molecule has 5 heteroatoms. The highest BCUT2D eigenvalue weighted by molar-refractivity contribution is 5.83. The predicted molar refractivity (Wildman–Crippen MR) is 78.2 cm³/mol. The molecule has 0 fully saturated rings. The smallest absolute Gasteiger partial charge is 0.326 e. The van der Waals surface area contributed by atoms with Crippen LogP contribution in [-0.2, 0) is 16.0 Å². The molecule has 0 saturated heterocycles. The van der Waals surface area contributed by atoms with Crippen LogP contribution in [-0.4, -0.2) is 23.0 Å². The van der Waals surface area contributed by atoms with Crippen molar-refractivity contribution in [3.8, 4) is 0 Å².